The van der Waals surface area contributed by atoms with Crippen LogP contribution in [0.15, 0.2) is 4.52 Å². The first kappa shape index (κ1) is 8.62. The van der Waals surface area contributed by atoms with E-state index in [9.17, 15) is 4.39 Å². The fourth-order valence-corrected chi connectivity index (χ4v) is 1.43. The molecule has 1 aromatic heterocycles. The molecule has 1 saturated heterocycles. The van der Waals surface area contributed by atoms with Crippen LogP contribution in [0.25, 0.3) is 0 Å². The van der Waals surface area contributed by atoms with Gasteiger partial charge in [0.15, 0.2) is 5.82 Å². The lowest BCUT2D eigenvalue weighted by Gasteiger charge is -2.00. The normalized spacial score (nSPS) is 28.2. The number of hydrogen-bond donors (Lipinski definition) is 1. The minimum atomic E-state index is -0.790. The van der Waals surface area contributed by atoms with Gasteiger partial charge in [-0.3, -0.25) is 0 Å². The second-order valence-corrected chi connectivity index (χ2v) is 3.20. The molecule has 0 radical (unpaired) electrons. The molecule has 0 saturated carbocycles. The first-order valence-electron chi connectivity index (χ1n) is 4.49. The predicted molar refractivity (Wildman–Crippen MR) is 43.9 cm³/mol. The third kappa shape index (κ3) is 1.70. The van der Waals surface area contributed by atoms with Crippen molar-refractivity contribution in [2.24, 2.45) is 0 Å². The van der Waals surface area contributed by atoms with Crippen LogP contribution in [-0.2, 0) is 6.42 Å². The molecule has 0 unspecified atom stereocenters. The summed E-state index contributed by atoms with van der Waals surface area (Å²) in [6, 6.07) is -0.0946. The van der Waals surface area contributed by atoms with Crippen molar-refractivity contribution in [3.05, 3.63) is 11.7 Å². The fourth-order valence-electron chi connectivity index (χ4n) is 1.43. The molecule has 0 spiro atoms. The highest BCUT2D eigenvalue weighted by Crippen LogP contribution is 2.23. The summed E-state index contributed by atoms with van der Waals surface area (Å²) >= 11 is 0. The van der Waals surface area contributed by atoms with Crippen molar-refractivity contribution >= 4 is 0 Å². The van der Waals surface area contributed by atoms with Crippen molar-refractivity contribution in [1.82, 2.24) is 15.5 Å². The molecule has 72 valence electrons. The number of nitrogens with one attached hydrogen (secondary N) is 1. The molecule has 2 rings (SSSR count). The summed E-state index contributed by atoms with van der Waals surface area (Å²) in [7, 11) is 0. The average Bonchev–Trinajstić information content (AvgIpc) is 2.71. The zero-order valence-corrected chi connectivity index (χ0v) is 7.46. The topological polar surface area (TPSA) is 51.0 Å². The summed E-state index contributed by atoms with van der Waals surface area (Å²) in [6.45, 7) is 2.34. The van der Waals surface area contributed by atoms with Crippen molar-refractivity contribution in [3.63, 3.8) is 0 Å². The van der Waals surface area contributed by atoms with Gasteiger partial charge in [-0.05, 0) is 0 Å². The van der Waals surface area contributed by atoms with Gasteiger partial charge in [0.2, 0.25) is 5.89 Å². The lowest BCUT2D eigenvalue weighted by Crippen LogP contribution is -2.14. The largest absolute Gasteiger partial charge is 0.338 e. The maximum atomic E-state index is 12.8. The van der Waals surface area contributed by atoms with Crippen LogP contribution in [0.5, 0.6) is 0 Å². The van der Waals surface area contributed by atoms with Crippen molar-refractivity contribution in [3.8, 4) is 0 Å². The number of alkyl halides is 1. The van der Waals surface area contributed by atoms with Gasteiger partial charge in [-0.15, -0.1) is 0 Å². The van der Waals surface area contributed by atoms with Gasteiger partial charge >= 0.3 is 0 Å². The highest BCUT2D eigenvalue weighted by Gasteiger charge is 2.28. The number of aromatic nitrogens is 2. The summed E-state index contributed by atoms with van der Waals surface area (Å²) in [5, 5.41) is 6.74. The Labute approximate surface area is 75.5 Å². The van der Waals surface area contributed by atoms with E-state index in [1.165, 1.54) is 0 Å². The zero-order chi connectivity index (χ0) is 9.26. The van der Waals surface area contributed by atoms with Gasteiger partial charge < -0.3 is 9.84 Å². The zero-order valence-electron chi connectivity index (χ0n) is 7.46. The number of hydrogen-bond acceptors (Lipinski definition) is 4. The smallest absolute Gasteiger partial charge is 0.243 e. The molecule has 1 aliphatic heterocycles. The predicted octanol–water partition coefficient (Wildman–Crippen LogP) is 1.00. The highest BCUT2D eigenvalue weighted by atomic mass is 19.1. The first-order valence-corrected chi connectivity index (χ1v) is 4.49. The molecule has 1 aliphatic rings. The Bertz CT molecular complexity index is 289. The van der Waals surface area contributed by atoms with Gasteiger partial charge in [-0.2, -0.15) is 4.98 Å². The minimum absolute atomic E-state index is 0.0946. The van der Waals surface area contributed by atoms with E-state index < -0.39 is 6.17 Å². The van der Waals surface area contributed by atoms with E-state index in [-0.39, 0.29) is 6.04 Å². The molecule has 5 heteroatoms. The molecule has 4 nitrogen and oxygen atoms in total. The minimum Gasteiger partial charge on any atom is -0.338 e. The Kier molecular flexibility index (Phi) is 2.26. The van der Waals surface area contributed by atoms with Gasteiger partial charge in [0.05, 0.1) is 6.04 Å². The van der Waals surface area contributed by atoms with Crippen LogP contribution in [0.2, 0.25) is 0 Å². The molecular formula is C8H12FN3O. The third-order valence-electron chi connectivity index (χ3n) is 2.18. The quantitative estimate of drug-likeness (QED) is 0.746. The molecule has 13 heavy (non-hydrogen) atoms. The van der Waals surface area contributed by atoms with Crippen LogP contribution in [-0.4, -0.2) is 22.9 Å². The van der Waals surface area contributed by atoms with E-state index >= 15 is 0 Å². The van der Waals surface area contributed by atoms with E-state index in [1.807, 2.05) is 6.92 Å². The number of aryl methyl sites for hydroxylation is 1. The second kappa shape index (κ2) is 3.41. The average molecular weight is 185 g/mol. The van der Waals surface area contributed by atoms with Crippen LogP contribution in [0, 0.1) is 0 Å². The molecule has 0 amide bonds. The lowest BCUT2D eigenvalue weighted by molar-refractivity contribution is 0.322. The van der Waals surface area contributed by atoms with E-state index in [1.54, 1.807) is 0 Å². The van der Waals surface area contributed by atoms with Crippen LogP contribution in [0.1, 0.15) is 31.1 Å². The van der Waals surface area contributed by atoms with Gasteiger partial charge in [0.1, 0.15) is 6.17 Å². The molecule has 1 fully saturated rings. The summed E-state index contributed by atoms with van der Waals surface area (Å²) in [5.74, 6) is 1.19. The molecule has 1 N–H and O–H groups in total. The fraction of sp³-hybridized carbons (Fsp3) is 0.750. The monoisotopic (exact) mass is 185 g/mol. The van der Waals surface area contributed by atoms with Crippen LogP contribution in [0.3, 0.4) is 0 Å². The highest BCUT2D eigenvalue weighted by molar-refractivity contribution is 4.97. The molecule has 0 aromatic carbocycles. The Balaban J connectivity index is 2.08. The van der Waals surface area contributed by atoms with Crippen molar-refractivity contribution in [1.29, 1.82) is 0 Å². The Hall–Kier alpha value is -0.970. The molecule has 2 atom stereocenters. The summed E-state index contributed by atoms with van der Waals surface area (Å²) in [5.41, 5.74) is 0. The maximum absolute atomic E-state index is 12.8. The van der Waals surface area contributed by atoms with E-state index in [4.69, 9.17) is 4.52 Å². The second-order valence-electron chi connectivity index (χ2n) is 3.20. The summed E-state index contributed by atoms with van der Waals surface area (Å²) < 4.78 is 17.8. The first-order chi connectivity index (χ1) is 6.29. The molecule has 0 bridgehead atoms. The van der Waals surface area contributed by atoms with E-state index in [0.717, 1.165) is 6.42 Å². The lowest BCUT2D eigenvalue weighted by atomic mass is 10.2. The van der Waals surface area contributed by atoms with Crippen LogP contribution >= 0.6 is 0 Å². The van der Waals surface area contributed by atoms with Crippen molar-refractivity contribution in [2.75, 3.05) is 6.54 Å². The maximum Gasteiger partial charge on any atom is 0.243 e. The van der Waals surface area contributed by atoms with Crippen LogP contribution in [0.4, 0.5) is 4.39 Å². The molecule has 2 heterocycles. The molecular weight excluding hydrogens is 173 g/mol. The Morgan fingerprint density at radius 1 is 1.69 bits per heavy atom. The van der Waals surface area contributed by atoms with Crippen molar-refractivity contribution < 1.29 is 8.91 Å². The van der Waals surface area contributed by atoms with E-state index in [2.05, 4.69) is 15.5 Å². The number of nitrogens with zero attached hydrogens (tertiary/aromatic N) is 2. The summed E-state index contributed by atoms with van der Waals surface area (Å²) in [6.07, 6.45) is 0.391. The molecule has 0 aliphatic carbocycles. The summed E-state index contributed by atoms with van der Waals surface area (Å²) in [4.78, 5) is 4.14. The standard InChI is InChI=1S/C8H12FN3O/c1-2-7-11-8(13-12-7)6-3-5(9)4-10-6/h5-6,10H,2-4H2,1H3/t5-,6-/m1/s1. The SMILES string of the molecule is CCc1noc([C@H]2C[C@@H](F)CN2)n1. The van der Waals surface area contributed by atoms with Crippen molar-refractivity contribution in [2.45, 2.75) is 32.0 Å². The Morgan fingerprint density at radius 3 is 3.08 bits per heavy atom. The van der Waals surface area contributed by atoms with Gasteiger partial charge in [-0.25, -0.2) is 4.39 Å². The third-order valence-corrected chi connectivity index (χ3v) is 2.18. The van der Waals surface area contributed by atoms with Gasteiger partial charge in [-0.1, -0.05) is 12.1 Å². The van der Waals surface area contributed by atoms with Crippen LogP contribution < -0.4 is 5.32 Å². The van der Waals surface area contributed by atoms with Gasteiger partial charge in [0.25, 0.3) is 0 Å². The Morgan fingerprint density at radius 2 is 2.54 bits per heavy atom. The van der Waals surface area contributed by atoms with E-state index in [0.29, 0.717) is 24.7 Å². The van der Waals surface area contributed by atoms with Gasteiger partial charge in [0, 0.05) is 19.4 Å². The number of rotatable bonds is 2. The molecule has 1 aromatic rings. The number of halogens is 1.